The number of ether oxygens (including phenoxy) is 2. The summed E-state index contributed by atoms with van der Waals surface area (Å²) < 4.78 is 11.2. The zero-order valence-corrected chi connectivity index (χ0v) is 12.1. The average Bonchev–Trinajstić information content (AvgIpc) is 2.42. The van der Waals surface area contributed by atoms with Crippen molar-refractivity contribution in [3.8, 4) is 11.5 Å². The van der Waals surface area contributed by atoms with Gasteiger partial charge < -0.3 is 20.3 Å². The van der Waals surface area contributed by atoms with Crippen molar-refractivity contribution in [1.29, 1.82) is 0 Å². The zero-order chi connectivity index (χ0) is 14.3. The molecule has 2 atom stereocenters. The van der Waals surface area contributed by atoms with E-state index < -0.39 is 6.10 Å². The molecule has 0 spiro atoms. The second-order valence-corrected chi connectivity index (χ2v) is 4.70. The summed E-state index contributed by atoms with van der Waals surface area (Å²) in [7, 11) is 0. The molecule has 0 radical (unpaired) electrons. The minimum absolute atomic E-state index is 0.356. The van der Waals surface area contributed by atoms with Gasteiger partial charge in [0.25, 0.3) is 0 Å². The molecule has 0 bridgehead atoms. The van der Waals surface area contributed by atoms with Crippen LogP contribution in [-0.2, 0) is 0 Å². The Bertz CT molecular complexity index is 380. The third-order valence-corrected chi connectivity index (χ3v) is 2.73. The van der Waals surface area contributed by atoms with Crippen molar-refractivity contribution in [2.24, 2.45) is 5.73 Å². The van der Waals surface area contributed by atoms with Crippen LogP contribution < -0.4 is 15.2 Å². The van der Waals surface area contributed by atoms with E-state index in [0.29, 0.717) is 24.5 Å². The highest BCUT2D eigenvalue weighted by atomic mass is 16.5. The second kappa shape index (κ2) is 8.02. The van der Waals surface area contributed by atoms with E-state index >= 15 is 0 Å². The lowest BCUT2D eigenvalue weighted by atomic mass is 10.0. The van der Waals surface area contributed by atoms with E-state index in [0.717, 1.165) is 18.6 Å². The predicted octanol–water partition coefficient (Wildman–Crippen LogP) is 2.64. The highest BCUT2D eigenvalue weighted by molar-refractivity contribution is 5.42. The van der Waals surface area contributed by atoms with Crippen molar-refractivity contribution in [2.75, 3.05) is 13.2 Å². The number of hydrogen-bond donors (Lipinski definition) is 2. The molecule has 0 aliphatic rings. The minimum atomic E-state index is -0.753. The van der Waals surface area contributed by atoms with Gasteiger partial charge in [-0.1, -0.05) is 13.8 Å². The number of aliphatic hydroxyl groups is 1. The van der Waals surface area contributed by atoms with Crippen LogP contribution in [0.15, 0.2) is 18.2 Å². The molecule has 1 aromatic carbocycles. The molecule has 0 unspecified atom stereocenters. The molecular weight excluding hydrogens is 242 g/mol. The average molecular weight is 267 g/mol. The van der Waals surface area contributed by atoms with Gasteiger partial charge in [0.15, 0.2) is 0 Å². The van der Waals surface area contributed by atoms with E-state index in [1.807, 2.05) is 25.1 Å². The summed E-state index contributed by atoms with van der Waals surface area (Å²) in [6, 6.07) is 5.15. The van der Waals surface area contributed by atoms with Crippen LogP contribution in [0.1, 0.15) is 45.3 Å². The summed E-state index contributed by atoms with van der Waals surface area (Å²) in [5, 5.41) is 10.2. The third kappa shape index (κ3) is 4.73. The van der Waals surface area contributed by atoms with Crippen LogP contribution in [0, 0.1) is 0 Å². The molecule has 3 N–H and O–H groups in total. The van der Waals surface area contributed by atoms with Crippen LogP contribution in [0.5, 0.6) is 11.5 Å². The quantitative estimate of drug-likeness (QED) is 0.760. The third-order valence-electron chi connectivity index (χ3n) is 2.73. The Labute approximate surface area is 115 Å². The first-order valence-corrected chi connectivity index (χ1v) is 6.93. The summed E-state index contributed by atoms with van der Waals surface area (Å²) in [4.78, 5) is 0. The highest BCUT2D eigenvalue weighted by Crippen LogP contribution is 2.31. The summed E-state index contributed by atoms with van der Waals surface area (Å²) in [5.41, 5.74) is 6.46. The van der Waals surface area contributed by atoms with Crippen molar-refractivity contribution < 1.29 is 14.6 Å². The number of aliphatic hydroxyl groups excluding tert-OH is 1. The standard InChI is InChI=1S/C15H25NO3/c1-4-8-18-12-6-7-14(19-9-5-2)13(10-12)15(17)11(3)16/h6-7,10-11,15,17H,4-5,8-9,16H2,1-3H3/t11-,15-/m1/s1. The van der Waals surface area contributed by atoms with Gasteiger partial charge in [-0.15, -0.1) is 0 Å². The van der Waals surface area contributed by atoms with Gasteiger partial charge >= 0.3 is 0 Å². The number of hydrogen-bond acceptors (Lipinski definition) is 4. The largest absolute Gasteiger partial charge is 0.494 e. The molecule has 4 heteroatoms. The minimum Gasteiger partial charge on any atom is -0.494 e. The summed E-state index contributed by atoms with van der Waals surface area (Å²) in [6.07, 6.45) is 1.11. The molecule has 0 aromatic heterocycles. The van der Waals surface area contributed by atoms with Crippen molar-refractivity contribution in [3.63, 3.8) is 0 Å². The van der Waals surface area contributed by atoms with Crippen molar-refractivity contribution >= 4 is 0 Å². The summed E-state index contributed by atoms with van der Waals surface area (Å²) >= 11 is 0. The normalized spacial score (nSPS) is 13.9. The fourth-order valence-corrected chi connectivity index (χ4v) is 1.69. The number of benzene rings is 1. The van der Waals surface area contributed by atoms with E-state index in [1.165, 1.54) is 0 Å². The Hall–Kier alpha value is -1.26. The number of rotatable bonds is 8. The molecule has 4 nitrogen and oxygen atoms in total. The van der Waals surface area contributed by atoms with E-state index in [2.05, 4.69) is 6.92 Å². The van der Waals surface area contributed by atoms with Crippen LogP contribution in [0.3, 0.4) is 0 Å². The van der Waals surface area contributed by atoms with Gasteiger partial charge in [0, 0.05) is 11.6 Å². The first kappa shape index (κ1) is 15.8. The molecule has 0 saturated heterocycles. The molecular formula is C15H25NO3. The number of nitrogens with two attached hydrogens (primary N) is 1. The molecule has 1 rings (SSSR count). The molecule has 0 heterocycles. The van der Waals surface area contributed by atoms with Gasteiger partial charge in [0.1, 0.15) is 11.5 Å². The smallest absolute Gasteiger partial charge is 0.125 e. The maximum absolute atomic E-state index is 10.2. The van der Waals surface area contributed by atoms with Gasteiger partial charge in [0.2, 0.25) is 0 Å². The predicted molar refractivity (Wildman–Crippen MR) is 76.6 cm³/mol. The van der Waals surface area contributed by atoms with Gasteiger partial charge in [-0.3, -0.25) is 0 Å². The Balaban J connectivity index is 2.96. The van der Waals surface area contributed by atoms with E-state index in [9.17, 15) is 5.11 Å². The van der Waals surface area contributed by atoms with Gasteiger partial charge in [-0.25, -0.2) is 0 Å². The molecule has 0 aliphatic carbocycles. The molecule has 0 aliphatic heterocycles. The maximum Gasteiger partial charge on any atom is 0.125 e. The van der Waals surface area contributed by atoms with Gasteiger partial charge in [0.05, 0.1) is 19.3 Å². The summed E-state index contributed by atoms with van der Waals surface area (Å²) in [5.74, 6) is 1.41. The zero-order valence-electron chi connectivity index (χ0n) is 12.1. The van der Waals surface area contributed by atoms with Crippen LogP contribution >= 0.6 is 0 Å². The highest BCUT2D eigenvalue weighted by Gasteiger charge is 2.18. The van der Waals surface area contributed by atoms with Crippen LogP contribution in [0.4, 0.5) is 0 Å². The maximum atomic E-state index is 10.2. The lowest BCUT2D eigenvalue weighted by molar-refractivity contribution is 0.147. The van der Waals surface area contributed by atoms with E-state index in [1.54, 1.807) is 6.92 Å². The Kier molecular flexibility index (Phi) is 6.67. The first-order valence-electron chi connectivity index (χ1n) is 6.93. The molecule has 0 amide bonds. The monoisotopic (exact) mass is 267 g/mol. The topological polar surface area (TPSA) is 64.7 Å². The second-order valence-electron chi connectivity index (χ2n) is 4.70. The fraction of sp³-hybridized carbons (Fsp3) is 0.600. The van der Waals surface area contributed by atoms with Crippen molar-refractivity contribution in [1.82, 2.24) is 0 Å². The lowest BCUT2D eigenvalue weighted by Crippen LogP contribution is -2.25. The molecule has 1 aromatic rings. The van der Waals surface area contributed by atoms with Crippen LogP contribution in [0.25, 0.3) is 0 Å². The molecule has 19 heavy (non-hydrogen) atoms. The Morgan fingerprint density at radius 3 is 2.37 bits per heavy atom. The Morgan fingerprint density at radius 1 is 1.16 bits per heavy atom. The first-order chi connectivity index (χ1) is 9.10. The SMILES string of the molecule is CCCOc1ccc(OCCC)c([C@H](O)[C@@H](C)N)c1. The molecule has 0 fully saturated rings. The molecule has 108 valence electrons. The summed E-state index contributed by atoms with van der Waals surface area (Å²) in [6.45, 7) is 7.14. The van der Waals surface area contributed by atoms with E-state index in [4.69, 9.17) is 15.2 Å². The van der Waals surface area contributed by atoms with Crippen molar-refractivity contribution in [3.05, 3.63) is 23.8 Å². The van der Waals surface area contributed by atoms with Crippen molar-refractivity contribution in [2.45, 2.75) is 45.8 Å². The van der Waals surface area contributed by atoms with E-state index in [-0.39, 0.29) is 6.04 Å². The fourth-order valence-electron chi connectivity index (χ4n) is 1.69. The van der Waals surface area contributed by atoms with Crippen LogP contribution in [0.2, 0.25) is 0 Å². The molecule has 0 saturated carbocycles. The van der Waals surface area contributed by atoms with Crippen LogP contribution in [-0.4, -0.2) is 24.4 Å². The van der Waals surface area contributed by atoms with Gasteiger partial charge in [-0.05, 0) is 38.0 Å². The van der Waals surface area contributed by atoms with Gasteiger partial charge in [-0.2, -0.15) is 0 Å². The Morgan fingerprint density at radius 2 is 1.79 bits per heavy atom. The lowest BCUT2D eigenvalue weighted by Gasteiger charge is -2.20.